The summed E-state index contributed by atoms with van der Waals surface area (Å²) in [7, 11) is 0. The Morgan fingerprint density at radius 3 is 2.30 bits per heavy atom. The molecule has 2 nitrogen and oxygen atoms in total. The minimum Gasteiger partial charge on any atom is -0.454 e. The van der Waals surface area contributed by atoms with Crippen molar-refractivity contribution in [2.24, 2.45) is 0 Å². The quantitative estimate of drug-likeness (QED) is 0.672. The summed E-state index contributed by atoms with van der Waals surface area (Å²) >= 11 is 4.37. The molecule has 0 bridgehead atoms. The first kappa shape index (κ1) is 13.0. The molecular weight excluding hydrogens is 268 g/mol. The van der Waals surface area contributed by atoms with E-state index in [-0.39, 0.29) is 5.43 Å². The first-order valence-electron chi connectivity index (χ1n) is 6.41. The second-order valence-corrected chi connectivity index (χ2v) is 5.33. The Kier molecular flexibility index (Phi) is 3.14. The third-order valence-electron chi connectivity index (χ3n) is 3.46. The molecule has 0 saturated carbocycles. The minimum atomic E-state index is -0.0744. The topological polar surface area (TPSA) is 30.2 Å². The van der Waals surface area contributed by atoms with Gasteiger partial charge in [-0.1, -0.05) is 42.5 Å². The van der Waals surface area contributed by atoms with E-state index in [0.717, 1.165) is 16.7 Å². The highest BCUT2D eigenvalue weighted by Gasteiger charge is 2.15. The Hall–Kier alpha value is -2.00. The summed E-state index contributed by atoms with van der Waals surface area (Å²) in [5, 5.41) is 0.620. The molecule has 0 spiro atoms. The van der Waals surface area contributed by atoms with Crippen molar-refractivity contribution in [2.45, 2.75) is 18.7 Å². The molecule has 0 radical (unpaired) electrons. The molecule has 0 atom stereocenters. The van der Waals surface area contributed by atoms with E-state index in [4.69, 9.17) is 4.42 Å². The molecule has 0 aliphatic heterocycles. The molecule has 0 aliphatic carbocycles. The largest absolute Gasteiger partial charge is 0.454 e. The lowest BCUT2D eigenvalue weighted by Crippen LogP contribution is -2.07. The zero-order valence-electron chi connectivity index (χ0n) is 11.3. The Morgan fingerprint density at radius 1 is 0.950 bits per heavy atom. The summed E-state index contributed by atoms with van der Waals surface area (Å²) in [6.07, 6.45) is 0. The second kappa shape index (κ2) is 4.84. The van der Waals surface area contributed by atoms with Gasteiger partial charge >= 0.3 is 0 Å². The SMILES string of the molecule is Cc1ccc(C)c2c(=O)c(S)c(-c3ccccc3)oc12. The van der Waals surface area contributed by atoms with E-state index in [1.54, 1.807) is 0 Å². The van der Waals surface area contributed by atoms with Crippen LogP contribution < -0.4 is 5.43 Å². The Balaban J connectivity index is 2.46. The molecule has 0 fully saturated rings. The molecule has 0 aliphatic rings. The predicted octanol–water partition coefficient (Wildman–Crippen LogP) is 4.37. The van der Waals surface area contributed by atoms with Crippen molar-refractivity contribution < 1.29 is 4.42 Å². The van der Waals surface area contributed by atoms with Crippen LogP contribution in [0, 0.1) is 13.8 Å². The fourth-order valence-electron chi connectivity index (χ4n) is 2.36. The van der Waals surface area contributed by atoms with Crippen molar-refractivity contribution in [3.05, 3.63) is 63.8 Å². The molecule has 0 unspecified atom stereocenters. The van der Waals surface area contributed by atoms with E-state index >= 15 is 0 Å². The monoisotopic (exact) mass is 282 g/mol. The third-order valence-corrected chi connectivity index (χ3v) is 3.87. The Morgan fingerprint density at radius 2 is 1.60 bits per heavy atom. The average Bonchev–Trinajstić information content (AvgIpc) is 2.47. The van der Waals surface area contributed by atoms with Crippen LogP contribution in [0.3, 0.4) is 0 Å². The van der Waals surface area contributed by atoms with Crippen LogP contribution in [-0.2, 0) is 0 Å². The lowest BCUT2D eigenvalue weighted by atomic mass is 10.0. The van der Waals surface area contributed by atoms with E-state index in [0.29, 0.717) is 21.6 Å². The number of aryl methyl sites for hydroxylation is 2. The van der Waals surface area contributed by atoms with Crippen molar-refractivity contribution in [3.8, 4) is 11.3 Å². The van der Waals surface area contributed by atoms with Crippen LogP contribution in [0.5, 0.6) is 0 Å². The summed E-state index contributed by atoms with van der Waals surface area (Å²) in [4.78, 5) is 12.9. The maximum atomic E-state index is 12.6. The molecule has 2 aromatic carbocycles. The van der Waals surface area contributed by atoms with Gasteiger partial charge < -0.3 is 4.42 Å². The normalized spacial score (nSPS) is 10.9. The van der Waals surface area contributed by atoms with Crippen molar-refractivity contribution in [1.29, 1.82) is 0 Å². The fraction of sp³-hybridized carbons (Fsp3) is 0.118. The lowest BCUT2D eigenvalue weighted by Gasteiger charge is -2.09. The van der Waals surface area contributed by atoms with Gasteiger partial charge in [0.25, 0.3) is 0 Å². The molecule has 1 heterocycles. The van der Waals surface area contributed by atoms with Gasteiger partial charge in [-0.3, -0.25) is 4.79 Å². The molecule has 3 heteroatoms. The summed E-state index contributed by atoms with van der Waals surface area (Å²) in [6, 6.07) is 13.5. The molecule has 100 valence electrons. The van der Waals surface area contributed by atoms with Crippen LogP contribution in [0.25, 0.3) is 22.3 Å². The van der Waals surface area contributed by atoms with Crippen molar-refractivity contribution in [1.82, 2.24) is 0 Å². The number of hydrogen-bond acceptors (Lipinski definition) is 3. The van der Waals surface area contributed by atoms with E-state index in [2.05, 4.69) is 12.6 Å². The molecular formula is C17H14O2S. The van der Waals surface area contributed by atoms with Gasteiger partial charge in [-0.15, -0.1) is 12.6 Å². The van der Waals surface area contributed by atoms with Crippen LogP contribution in [0.1, 0.15) is 11.1 Å². The Labute approximate surface area is 122 Å². The van der Waals surface area contributed by atoms with Crippen molar-refractivity contribution >= 4 is 23.6 Å². The van der Waals surface area contributed by atoms with Gasteiger partial charge in [0.05, 0.1) is 10.3 Å². The smallest absolute Gasteiger partial charge is 0.206 e. The van der Waals surface area contributed by atoms with E-state index in [1.807, 2.05) is 56.3 Å². The highest BCUT2D eigenvalue weighted by molar-refractivity contribution is 7.80. The lowest BCUT2D eigenvalue weighted by molar-refractivity contribution is 0.602. The second-order valence-electron chi connectivity index (χ2n) is 4.88. The number of rotatable bonds is 1. The molecule has 1 aromatic heterocycles. The van der Waals surface area contributed by atoms with Crippen LogP contribution in [0.15, 0.2) is 56.6 Å². The molecule has 20 heavy (non-hydrogen) atoms. The highest BCUT2D eigenvalue weighted by Crippen LogP contribution is 2.30. The van der Waals surface area contributed by atoms with Gasteiger partial charge in [0.15, 0.2) is 5.76 Å². The maximum absolute atomic E-state index is 12.6. The summed E-state index contributed by atoms with van der Waals surface area (Å²) in [5.41, 5.74) is 3.29. The van der Waals surface area contributed by atoms with Crippen LogP contribution in [0.2, 0.25) is 0 Å². The fourth-order valence-corrected chi connectivity index (χ4v) is 2.64. The maximum Gasteiger partial charge on any atom is 0.206 e. The van der Waals surface area contributed by atoms with Gasteiger partial charge in [0.1, 0.15) is 5.58 Å². The first-order chi connectivity index (χ1) is 9.59. The van der Waals surface area contributed by atoms with Gasteiger partial charge in [0, 0.05) is 5.56 Å². The van der Waals surface area contributed by atoms with Gasteiger partial charge in [-0.25, -0.2) is 0 Å². The minimum absolute atomic E-state index is 0.0744. The standard InChI is InChI=1S/C17H14O2S/c1-10-8-9-11(2)15-13(10)14(18)17(20)16(19-15)12-6-4-3-5-7-12/h3-9,20H,1-2H3. The van der Waals surface area contributed by atoms with E-state index < -0.39 is 0 Å². The van der Waals surface area contributed by atoms with Crippen molar-refractivity contribution in [3.63, 3.8) is 0 Å². The van der Waals surface area contributed by atoms with Gasteiger partial charge in [-0.2, -0.15) is 0 Å². The van der Waals surface area contributed by atoms with Crippen molar-refractivity contribution in [2.75, 3.05) is 0 Å². The summed E-state index contributed by atoms with van der Waals surface area (Å²) in [6.45, 7) is 3.85. The zero-order valence-corrected chi connectivity index (χ0v) is 12.2. The summed E-state index contributed by atoms with van der Waals surface area (Å²) < 4.78 is 5.99. The third kappa shape index (κ3) is 1.95. The number of fused-ring (bicyclic) bond motifs is 1. The molecule has 0 amide bonds. The molecule has 0 N–H and O–H groups in total. The number of thiol groups is 1. The first-order valence-corrected chi connectivity index (χ1v) is 6.85. The van der Waals surface area contributed by atoms with Crippen LogP contribution >= 0.6 is 12.6 Å². The molecule has 3 rings (SSSR count). The molecule has 0 saturated heterocycles. The summed E-state index contributed by atoms with van der Waals surface area (Å²) in [5.74, 6) is 0.528. The molecule has 3 aromatic rings. The van der Waals surface area contributed by atoms with Crippen LogP contribution in [-0.4, -0.2) is 0 Å². The van der Waals surface area contributed by atoms with E-state index in [9.17, 15) is 4.79 Å². The average molecular weight is 282 g/mol. The Bertz CT molecular complexity index is 848. The number of hydrogen-bond donors (Lipinski definition) is 1. The zero-order chi connectivity index (χ0) is 14.3. The number of benzene rings is 2. The van der Waals surface area contributed by atoms with E-state index in [1.165, 1.54) is 0 Å². The van der Waals surface area contributed by atoms with Crippen LogP contribution in [0.4, 0.5) is 0 Å². The predicted molar refractivity (Wildman–Crippen MR) is 84.6 cm³/mol. The van der Waals surface area contributed by atoms with Gasteiger partial charge in [-0.05, 0) is 25.0 Å². The highest BCUT2D eigenvalue weighted by atomic mass is 32.1. The van der Waals surface area contributed by atoms with Gasteiger partial charge in [0.2, 0.25) is 5.43 Å².